The van der Waals surface area contributed by atoms with Crippen LogP contribution in [0, 0.1) is 0 Å². The Labute approximate surface area is 116 Å². The van der Waals surface area contributed by atoms with Gasteiger partial charge in [0, 0.05) is 12.9 Å². The second-order valence-electron chi connectivity index (χ2n) is 2.26. The molecule has 0 aliphatic carbocycles. The van der Waals surface area contributed by atoms with E-state index in [4.69, 9.17) is 5.11 Å². The molecule has 0 amide bonds. The van der Waals surface area contributed by atoms with Crippen LogP contribution in [0.25, 0.3) is 0 Å². The van der Waals surface area contributed by atoms with Crippen LogP contribution in [-0.2, 0) is 4.18 Å². The van der Waals surface area contributed by atoms with Gasteiger partial charge in [-0.05, 0) is 18.2 Å². The summed E-state index contributed by atoms with van der Waals surface area (Å²) in [5, 5.41) is 8.59. The van der Waals surface area contributed by atoms with E-state index >= 15 is 0 Å². The zero-order valence-electron chi connectivity index (χ0n) is 6.43. The van der Waals surface area contributed by atoms with E-state index in [9.17, 15) is 9.59 Å². The third-order valence-corrected chi connectivity index (χ3v) is 1.59. The first-order valence-corrected chi connectivity index (χ1v) is 3.71. The third kappa shape index (κ3) is 3.49. The summed E-state index contributed by atoms with van der Waals surface area (Å²) in [5.74, 6) is -1.76. The monoisotopic (exact) mass is 240 g/mol. The van der Waals surface area contributed by atoms with E-state index in [-0.39, 0.29) is 48.9 Å². The Morgan fingerprint density at radius 2 is 1.86 bits per heavy atom. The van der Waals surface area contributed by atoms with E-state index in [1.807, 2.05) is 0 Å². The van der Waals surface area contributed by atoms with E-state index < -0.39 is 11.9 Å². The number of benzene rings is 1. The molecular formula is C8H8CaO4S. The molecule has 6 heteroatoms. The molecule has 0 aliphatic heterocycles. The van der Waals surface area contributed by atoms with Crippen molar-refractivity contribution in [3.8, 4) is 0 Å². The molecule has 0 atom stereocenters. The van der Waals surface area contributed by atoms with Crippen molar-refractivity contribution in [3.05, 3.63) is 35.4 Å². The SMILES string of the molecule is O=C(O)c1cccc(C(=O)OS)c1.[CaH2]. The number of carboxylic acids is 1. The number of thiol groups is 1. The number of carbonyl (C=O) groups is 2. The molecule has 0 heterocycles. The van der Waals surface area contributed by atoms with Crippen LogP contribution in [0.4, 0.5) is 0 Å². The molecule has 0 saturated carbocycles. The second kappa shape index (κ2) is 6.29. The van der Waals surface area contributed by atoms with Crippen LogP contribution in [0.1, 0.15) is 20.7 Å². The zero-order chi connectivity index (χ0) is 9.84. The van der Waals surface area contributed by atoms with Gasteiger partial charge in [0.15, 0.2) is 0 Å². The number of carbonyl (C=O) groups excluding carboxylic acids is 1. The van der Waals surface area contributed by atoms with E-state index in [1.165, 1.54) is 24.3 Å². The average Bonchev–Trinajstić information content (AvgIpc) is 2.17. The van der Waals surface area contributed by atoms with Crippen molar-refractivity contribution in [1.29, 1.82) is 0 Å². The number of carboxylic acid groups (broad SMARTS) is 1. The first-order valence-electron chi connectivity index (χ1n) is 3.34. The normalized spacial score (nSPS) is 8.64. The van der Waals surface area contributed by atoms with Gasteiger partial charge in [0.2, 0.25) is 0 Å². The van der Waals surface area contributed by atoms with Gasteiger partial charge in [-0.15, -0.1) is 0 Å². The molecule has 1 rings (SSSR count). The molecule has 0 radical (unpaired) electrons. The summed E-state index contributed by atoms with van der Waals surface area (Å²) in [6, 6.07) is 5.52. The maximum atomic E-state index is 10.9. The van der Waals surface area contributed by atoms with Crippen LogP contribution in [0.3, 0.4) is 0 Å². The van der Waals surface area contributed by atoms with Crippen LogP contribution in [-0.4, -0.2) is 54.8 Å². The summed E-state index contributed by atoms with van der Waals surface area (Å²) < 4.78 is 4.13. The van der Waals surface area contributed by atoms with Crippen LogP contribution in [0.2, 0.25) is 0 Å². The number of hydrogen-bond donors (Lipinski definition) is 2. The molecular weight excluding hydrogens is 232 g/mol. The van der Waals surface area contributed by atoms with Crippen molar-refractivity contribution >= 4 is 62.6 Å². The van der Waals surface area contributed by atoms with Crippen LogP contribution >= 0.6 is 12.9 Å². The molecule has 1 aromatic rings. The fraction of sp³-hybridized carbons (Fsp3) is 0. The topological polar surface area (TPSA) is 63.6 Å². The van der Waals surface area contributed by atoms with Gasteiger partial charge in [-0.25, -0.2) is 9.59 Å². The van der Waals surface area contributed by atoms with Crippen LogP contribution < -0.4 is 0 Å². The minimum atomic E-state index is -1.09. The molecule has 4 nitrogen and oxygen atoms in total. The minimum absolute atomic E-state index is 0. The molecule has 0 bridgehead atoms. The van der Waals surface area contributed by atoms with Crippen LogP contribution in [0.15, 0.2) is 24.3 Å². The molecule has 14 heavy (non-hydrogen) atoms. The quantitative estimate of drug-likeness (QED) is 0.448. The molecule has 0 aromatic heterocycles. The van der Waals surface area contributed by atoms with Crippen molar-refractivity contribution in [2.75, 3.05) is 0 Å². The Kier molecular flexibility index (Phi) is 6.19. The van der Waals surface area contributed by atoms with Crippen LogP contribution in [0.5, 0.6) is 0 Å². The number of hydrogen-bond acceptors (Lipinski definition) is 4. The Bertz CT molecular complexity index is 353. The Balaban J connectivity index is 0.00000169. The summed E-state index contributed by atoms with van der Waals surface area (Å²) in [4.78, 5) is 21.4. The van der Waals surface area contributed by atoms with Crippen molar-refractivity contribution in [3.63, 3.8) is 0 Å². The standard InChI is InChI=1S/C8H6O4S.Ca.2H/c9-7(10)5-2-1-3-6(4-5)8(11)12-13;;;/h1-4,13H,(H,9,10);;;. The fourth-order valence-electron chi connectivity index (χ4n) is 0.832. The molecule has 0 fully saturated rings. The number of rotatable bonds is 2. The van der Waals surface area contributed by atoms with Gasteiger partial charge in [0.05, 0.1) is 11.1 Å². The third-order valence-electron chi connectivity index (χ3n) is 1.43. The van der Waals surface area contributed by atoms with Gasteiger partial charge in [0.25, 0.3) is 0 Å². The Morgan fingerprint density at radius 3 is 2.36 bits per heavy atom. The van der Waals surface area contributed by atoms with Crippen molar-refractivity contribution in [1.82, 2.24) is 0 Å². The van der Waals surface area contributed by atoms with Gasteiger partial charge in [-0.3, -0.25) is 0 Å². The Morgan fingerprint density at radius 1 is 1.29 bits per heavy atom. The molecule has 1 aromatic carbocycles. The average molecular weight is 240 g/mol. The predicted molar refractivity (Wildman–Crippen MR) is 56.3 cm³/mol. The van der Waals surface area contributed by atoms with E-state index in [0.29, 0.717) is 0 Å². The van der Waals surface area contributed by atoms with Crippen molar-refractivity contribution in [2.24, 2.45) is 0 Å². The van der Waals surface area contributed by atoms with Gasteiger partial charge >= 0.3 is 49.7 Å². The number of aromatic carboxylic acids is 1. The molecule has 72 valence electrons. The maximum absolute atomic E-state index is 10.9. The second-order valence-corrected chi connectivity index (χ2v) is 2.45. The molecule has 1 N–H and O–H groups in total. The van der Waals surface area contributed by atoms with E-state index in [2.05, 4.69) is 17.1 Å². The molecule has 0 aliphatic rings. The summed E-state index contributed by atoms with van der Waals surface area (Å²) in [7, 11) is 0. The predicted octanol–water partition coefficient (Wildman–Crippen LogP) is 0.470. The van der Waals surface area contributed by atoms with E-state index in [0.717, 1.165) is 0 Å². The van der Waals surface area contributed by atoms with E-state index in [1.54, 1.807) is 0 Å². The zero-order valence-corrected chi connectivity index (χ0v) is 7.32. The first kappa shape index (κ1) is 13.8. The van der Waals surface area contributed by atoms with Gasteiger partial charge < -0.3 is 9.29 Å². The molecule has 0 saturated heterocycles. The van der Waals surface area contributed by atoms with Gasteiger partial charge in [0.1, 0.15) is 0 Å². The summed E-state index contributed by atoms with van der Waals surface area (Å²) >= 11 is 3.32. The summed E-state index contributed by atoms with van der Waals surface area (Å²) in [6.45, 7) is 0. The van der Waals surface area contributed by atoms with Gasteiger partial charge in [-0.1, -0.05) is 6.07 Å². The fourth-order valence-corrected chi connectivity index (χ4v) is 0.937. The molecule has 0 spiro atoms. The Hall–Kier alpha value is -0.230. The first-order chi connectivity index (χ1) is 6.15. The molecule has 0 unspecified atom stereocenters. The van der Waals surface area contributed by atoms with Crippen molar-refractivity contribution in [2.45, 2.75) is 0 Å². The summed E-state index contributed by atoms with van der Waals surface area (Å²) in [5.41, 5.74) is 0.200. The van der Waals surface area contributed by atoms with Gasteiger partial charge in [-0.2, -0.15) is 0 Å². The van der Waals surface area contributed by atoms with Crippen molar-refractivity contribution < 1.29 is 18.9 Å². The summed E-state index contributed by atoms with van der Waals surface area (Å²) in [6.07, 6.45) is 0.